The van der Waals surface area contributed by atoms with Crippen LogP contribution in [0.2, 0.25) is 0 Å². The van der Waals surface area contributed by atoms with E-state index in [4.69, 9.17) is 0 Å². The molecule has 1 aliphatic rings. The minimum atomic E-state index is 0.0674. The lowest BCUT2D eigenvalue weighted by molar-refractivity contribution is -0.119. The Balaban J connectivity index is 1.79. The van der Waals surface area contributed by atoms with Crippen LogP contribution in [0.25, 0.3) is 0 Å². The molecule has 2 heteroatoms. The van der Waals surface area contributed by atoms with Gasteiger partial charge in [0.2, 0.25) is 0 Å². The van der Waals surface area contributed by atoms with Gasteiger partial charge in [-0.1, -0.05) is 36.4 Å². The van der Waals surface area contributed by atoms with Crippen molar-refractivity contribution in [2.75, 3.05) is 5.75 Å². The molecule has 102 valence electrons. The lowest BCUT2D eigenvalue weighted by Gasteiger charge is -2.10. The van der Waals surface area contributed by atoms with Crippen LogP contribution >= 0.6 is 11.8 Å². The Bertz CT molecular complexity index is 660. The van der Waals surface area contributed by atoms with Gasteiger partial charge in [0.25, 0.3) is 0 Å². The second-order valence-electron chi connectivity index (χ2n) is 5.46. The van der Waals surface area contributed by atoms with Gasteiger partial charge in [-0.2, -0.15) is 0 Å². The van der Waals surface area contributed by atoms with Gasteiger partial charge in [-0.25, -0.2) is 0 Å². The molecule has 0 aromatic heterocycles. The Labute approximate surface area is 124 Å². The van der Waals surface area contributed by atoms with Crippen molar-refractivity contribution in [2.24, 2.45) is 0 Å². The van der Waals surface area contributed by atoms with Crippen molar-refractivity contribution < 1.29 is 4.79 Å². The molecule has 0 fully saturated rings. The average molecular weight is 282 g/mol. The molecule has 1 unspecified atom stereocenters. The van der Waals surface area contributed by atoms with Crippen LogP contribution in [-0.4, -0.2) is 11.5 Å². The third kappa shape index (κ3) is 2.53. The molecule has 0 saturated carbocycles. The molecule has 0 spiro atoms. The summed E-state index contributed by atoms with van der Waals surface area (Å²) in [5.41, 5.74) is 4.89. The van der Waals surface area contributed by atoms with Gasteiger partial charge in [0, 0.05) is 17.1 Å². The van der Waals surface area contributed by atoms with Crippen LogP contribution in [0.5, 0.6) is 0 Å². The predicted molar refractivity (Wildman–Crippen MR) is 84.5 cm³/mol. The maximum absolute atomic E-state index is 12.6. The number of Topliss-reactive ketones (excluding diaryl/α,β-unsaturated/α-hetero) is 1. The molecule has 0 saturated heterocycles. The fourth-order valence-electron chi connectivity index (χ4n) is 2.67. The average Bonchev–Trinajstić information content (AvgIpc) is 2.87. The SMILES string of the molecule is Cc1ccc(CC(=O)C2CSc3ccccc32)cc1C. The number of rotatable bonds is 3. The minimum Gasteiger partial charge on any atom is -0.299 e. The first-order valence-electron chi connectivity index (χ1n) is 6.96. The van der Waals surface area contributed by atoms with Crippen molar-refractivity contribution in [3.8, 4) is 0 Å². The smallest absolute Gasteiger partial charge is 0.145 e. The van der Waals surface area contributed by atoms with E-state index in [0.717, 1.165) is 11.3 Å². The highest BCUT2D eigenvalue weighted by Crippen LogP contribution is 2.40. The fraction of sp³-hybridized carbons (Fsp3) is 0.278. The zero-order chi connectivity index (χ0) is 14.1. The molecule has 1 nitrogen and oxygen atoms in total. The molecule has 1 atom stereocenters. The summed E-state index contributed by atoms with van der Waals surface area (Å²) in [7, 11) is 0. The van der Waals surface area contributed by atoms with Crippen molar-refractivity contribution in [1.29, 1.82) is 0 Å². The molecular weight excluding hydrogens is 264 g/mol. The van der Waals surface area contributed by atoms with E-state index in [-0.39, 0.29) is 5.92 Å². The zero-order valence-corrected chi connectivity index (χ0v) is 12.7. The summed E-state index contributed by atoms with van der Waals surface area (Å²) in [6, 6.07) is 14.6. The monoisotopic (exact) mass is 282 g/mol. The lowest BCUT2D eigenvalue weighted by atomic mass is 9.92. The molecule has 20 heavy (non-hydrogen) atoms. The van der Waals surface area contributed by atoms with Gasteiger partial charge in [-0.3, -0.25) is 4.79 Å². The summed E-state index contributed by atoms with van der Waals surface area (Å²) in [5.74, 6) is 1.30. The molecular formula is C18H18OS. The Morgan fingerprint density at radius 3 is 2.75 bits per heavy atom. The lowest BCUT2D eigenvalue weighted by Crippen LogP contribution is -2.14. The predicted octanol–water partition coefficient (Wildman–Crippen LogP) is 4.30. The summed E-state index contributed by atoms with van der Waals surface area (Å²) in [5, 5.41) is 0. The van der Waals surface area contributed by atoms with Crippen LogP contribution in [0, 0.1) is 13.8 Å². The van der Waals surface area contributed by atoms with Gasteiger partial charge in [0.05, 0.1) is 5.92 Å². The second-order valence-corrected chi connectivity index (χ2v) is 6.52. The highest BCUT2D eigenvalue weighted by atomic mass is 32.2. The summed E-state index contributed by atoms with van der Waals surface area (Å²) in [6.45, 7) is 4.20. The third-order valence-corrected chi connectivity index (χ3v) is 5.22. The van der Waals surface area contributed by atoms with Crippen molar-refractivity contribution in [1.82, 2.24) is 0 Å². The molecule has 0 radical (unpaired) electrons. The van der Waals surface area contributed by atoms with Crippen LogP contribution in [-0.2, 0) is 11.2 Å². The Morgan fingerprint density at radius 1 is 1.15 bits per heavy atom. The standard InChI is InChI=1S/C18H18OS/c1-12-7-8-14(9-13(12)2)10-17(19)16-11-20-18-6-4-3-5-15(16)18/h3-9,16H,10-11H2,1-2H3. The summed E-state index contributed by atoms with van der Waals surface area (Å²) in [4.78, 5) is 13.8. The van der Waals surface area contributed by atoms with E-state index in [1.807, 2.05) is 12.1 Å². The second kappa shape index (κ2) is 5.45. The molecule has 1 heterocycles. The molecule has 0 aliphatic carbocycles. The zero-order valence-electron chi connectivity index (χ0n) is 11.8. The maximum atomic E-state index is 12.6. The van der Waals surface area contributed by atoms with Crippen molar-refractivity contribution >= 4 is 17.5 Å². The fourth-order valence-corrected chi connectivity index (χ4v) is 3.93. The van der Waals surface area contributed by atoms with Gasteiger partial charge in [-0.15, -0.1) is 11.8 Å². The number of thioether (sulfide) groups is 1. The number of aryl methyl sites for hydroxylation is 2. The first kappa shape index (κ1) is 13.4. The molecule has 0 amide bonds. The molecule has 2 aromatic carbocycles. The number of carbonyl (C=O) groups excluding carboxylic acids is 1. The number of hydrogen-bond acceptors (Lipinski definition) is 2. The molecule has 2 aromatic rings. The van der Waals surface area contributed by atoms with Crippen LogP contribution in [0.1, 0.15) is 28.2 Å². The first-order valence-corrected chi connectivity index (χ1v) is 7.94. The number of hydrogen-bond donors (Lipinski definition) is 0. The molecule has 3 rings (SSSR count). The number of benzene rings is 2. The topological polar surface area (TPSA) is 17.1 Å². The quantitative estimate of drug-likeness (QED) is 0.834. The van der Waals surface area contributed by atoms with Crippen LogP contribution in [0.4, 0.5) is 0 Å². The van der Waals surface area contributed by atoms with Crippen molar-refractivity contribution in [2.45, 2.75) is 31.1 Å². The van der Waals surface area contributed by atoms with E-state index in [9.17, 15) is 4.79 Å². The molecule has 0 bridgehead atoms. The Kier molecular flexibility index (Phi) is 3.66. The van der Waals surface area contributed by atoms with E-state index in [1.165, 1.54) is 21.6 Å². The highest BCUT2D eigenvalue weighted by molar-refractivity contribution is 7.99. The van der Waals surface area contributed by atoms with E-state index in [1.54, 1.807) is 11.8 Å². The highest BCUT2D eigenvalue weighted by Gasteiger charge is 2.28. The first-order chi connectivity index (χ1) is 9.65. The minimum absolute atomic E-state index is 0.0674. The van der Waals surface area contributed by atoms with Gasteiger partial charge in [-0.05, 0) is 42.2 Å². The van der Waals surface area contributed by atoms with Crippen LogP contribution in [0.3, 0.4) is 0 Å². The van der Waals surface area contributed by atoms with Crippen LogP contribution in [0.15, 0.2) is 47.4 Å². The largest absolute Gasteiger partial charge is 0.299 e. The normalized spacial score (nSPS) is 17.0. The maximum Gasteiger partial charge on any atom is 0.145 e. The molecule has 0 N–H and O–H groups in total. The summed E-state index contributed by atoms with van der Waals surface area (Å²) < 4.78 is 0. The van der Waals surface area contributed by atoms with Gasteiger partial charge < -0.3 is 0 Å². The van der Waals surface area contributed by atoms with E-state index < -0.39 is 0 Å². The Hall–Kier alpha value is -1.54. The third-order valence-electron chi connectivity index (χ3n) is 4.04. The Morgan fingerprint density at radius 2 is 1.95 bits per heavy atom. The summed E-state index contributed by atoms with van der Waals surface area (Å²) >= 11 is 1.80. The summed E-state index contributed by atoms with van der Waals surface area (Å²) in [6.07, 6.45) is 0.542. The van der Waals surface area contributed by atoms with Crippen LogP contribution < -0.4 is 0 Å². The van der Waals surface area contributed by atoms with Gasteiger partial charge >= 0.3 is 0 Å². The number of ketones is 1. The van der Waals surface area contributed by atoms with E-state index in [2.05, 4.69) is 44.2 Å². The van der Waals surface area contributed by atoms with Gasteiger partial charge in [0.1, 0.15) is 5.78 Å². The number of fused-ring (bicyclic) bond motifs is 1. The van der Waals surface area contributed by atoms with Crippen molar-refractivity contribution in [3.05, 3.63) is 64.7 Å². The number of carbonyl (C=O) groups is 1. The van der Waals surface area contributed by atoms with E-state index >= 15 is 0 Å². The van der Waals surface area contributed by atoms with Gasteiger partial charge in [0.15, 0.2) is 0 Å². The van der Waals surface area contributed by atoms with E-state index in [0.29, 0.717) is 12.2 Å². The van der Waals surface area contributed by atoms with Crippen molar-refractivity contribution in [3.63, 3.8) is 0 Å². The molecule has 1 aliphatic heterocycles.